The molecule has 0 radical (unpaired) electrons. The minimum absolute atomic E-state index is 0.164. The summed E-state index contributed by atoms with van der Waals surface area (Å²) in [7, 11) is 0. The molecule has 21 heavy (non-hydrogen) atoms. The van der Waals surface area contributed by atoms with Gasteiger partial charge in [-0.1, -0.05) is 57.0 Å². The number of halogens is 2. The van der Waals surface area contributed by atoms with Crippen molar-refractivity contribution in [1.29, 1.82) is 0 Å². The number of rotatable bonds is 4. The van der Waals surface area contributed by atoms with E-state index in [1.54, 1.807) is 0 Å². The van der Waals surface area contributed by atoms with E-state index in [1.807, 2.05) is 12.1 Å². The molecule has 2 rings (SSSR count). The van der Waals surface area contributed by atoms with E-state index in [0.717, 1.165) is 31.6 Å². The molecule has 0 bridgehead atoms. The summed E-state index contributed by atoms with van der Waals surface area (Å²) in [6.07, 6.45) is 2.23. The summed E-state index contributed by atoms with van der Waals surface area (Å²) in [5.41, 5.74) is 1.23. The first kappa shape index (κ1) is 16.9. The number of hydrogen-bond acceptors (Lipinski definition) is 2. The molecule has 1 fully saturated rings. The van der Waals surface area contributed by atoms with Crippen molar-refractivity contribution < 1.29 is 0 Å². The molecule has 4 heteroatoms. The fourth-order valence-electron chi connectivity index (χ4n) is 3.23. The van der Waals surface area contributed by atoms with Gasteiger partial charge in [-0.15, -0.1) is 0 Å². The van der Waals surface area contributed by atoms with Crippen LogP contribution in [0.2, 0.25) is 10.0 Å². The maximum atomic E-state index is 6.48. The van der Waals surface area contributed by atoms with Crippen LogP contribution >= 0.6 is 23.2 Å². The van der Waals surface area contributed by atoms with E-state index in [1.165, 1.54) is 0 Å². The summed E-state index contributed by atoms with van der Waals surface area (Å²) in [5, 5.41) is 5.09. The van der Waals surface area contributed by atoms with Crippen LogP contribution in [0.1, 0.15) is 40.5 Å². The van der Waals surface area contributed by atoms with Gasteiger partial charge in [0.2, 0.25) is 0 Å². The van der Waals surface area contributed by atoms with E-state index in [9.17, 15) is 0 Å². The monoisotopic (exact) mass is 328 g/mol. The van der Waals surface area contributed by atoms with E-state index in [0.29, 0.717) is 22.0 Å². The maximum absolute atomic E-state index is 6.48. The molecule has 2 nitrogen and oxygen atoms in total. The van der Waals surface area contributed by atoms with E-state index in [-0.39, 0.29) is 5.54 Å². The van der Waals surface area contributed by atoms with Crippen LogP contribution in [0.4, 0.5) is 5.69 Å². The molecule has 1 aliphatic rings. The maximum Gasteiger partial charge on any atom is 0.0825 e. The normalized spacial score (nSPS) is 21.9. The Bertz CT molecular complexity index is 484. The second-order valence-corrected chi connectivity index (χ2v) is 7.17. The molecule has 1 heterocycles. The van der Waals surface area contributed by atoms with Gasteiger partial charge < -0.3 is 10.2 Å². The van der Waals surface area contributed by atoms with Crippen LogP contribution in [0.15, 0.2) is 18.2 Å². The molecule has 1 N–H and O–H groups in total. The van der Waals surface area contributed by atoms with Gasteiger partial charge in [0.05, 0.1) is 15.7 Å². The zero-order chi connectivity index (χ0) is 15.6. The molecule has 1 aromatic carbocycles. The summed E-state index contributed by atoms with van der Waals surface area (Å²) in [4.78, 5) is 2.46. The van der Waals surface area contributed by atoms with Crippen LogP contribution in [-0.2, 0) is 0 Å². The minimum atomic E-state index is 0.164. The lowest BCUT2D eigenvalue weighted by atomic mass is 9.86. The first-order valence-corrected chi connectivity index (χ1v) is 8.65. The number of anilines is 1. The molecular formula is C17H26Cl2N2. The van der Waals surface area contributed by atoms with Crippen molar-refractivity contribution in [1.82, 2.24) is 5.32 Å². The zero-order valence-electron chi connectivity index (χ0n) is 13.4. The second-order valence-electron chi connectivity index (χ2n) is 6.38. The topological polar surface area (TPSA) is 15.3 Å². The van der Waals surface area contributed by atoms with Crippen molar-refractivity contribution >= 4 is 28.9 Å². The fourth-order valence-corrected chi connectivity index (χ4v) is 3.63. The third-order valence-corrected chi connectivity index (χ3v) is 5.73. The molecule has 1 unspecified atom stereocenters. The van der Waals surface area contributed by atoms with Crippen molar-refractivity contribution in [3.05, 3.63) is 28.2 Å². The summed E-state index contributed by atoms with van der Waals surface area (Å²) < 4.78 is 0. The Balaban J connectivity index is 2.41. The van der Waals surface area contributed by atoms with Gasteiger partial charge in [-0.2, -0.15) is 0 Å². The van der Waals surface area contributed by atoms with Crippen molar-refractivity contribution in [2.24, 2.45) is 5.92 Å². The van der Waals surface area contributed by atoms with Gasteiger partial charge in [-0.05, 0) is 30.9 Å². The van der Waals surface area contributed by atoms with Gasteiger partial charge in [-0.25, -0.2) is 0 Å². The van der Waals surface area contributed by atoms with E-state index in [4.69, 9.17) is 23.2 Å². The van der Waals surface area contributed by atoms with Crippen LogP contribution in [0.3, 0.4) is 0 Å². The van der Waals surface area contributed by atoms with Gasteiger partial charge in [-0.3, -0.25) is 0 Å². The summed E-state index contributed by atoms with van der Waals surface area (Å²) >= 11 is 12.7. The molecule has 1 aromatic rings. The van der Waals surface area contributed by atoms with Gasteiger partial charge in [0.25, 0.3) is 0 Å². The zero-order valence-corrected chi connectivity index (χ0v) is 14.9. The fraction of sp³-hybridized carbons (Fsp3) is 0.647. The smallest absolute Gasteiger partial charge is 0.0825 e. The third kappa shape index (κ3) is 3.33. The molecule has 0 aromatic heterocycles. The van der Waals surface area contributed by atoms with Crippen LogP contribution in [0, 0.1) is 5.92 Å². The molecule has 0 saturated carbocycles. The Morgan fingerprint density at radius 2 is 1.95 bits per heavy atom. The van der Waals surface area contributed by atoms with E-state index in [2.05, 4.69) is 44.0 Å². The van der Waals surface area contributed by atoms with Crippen LogP contribution in [0.5, 0.6) is 0 Å². The quantitative estimate of drug-likeness (QED) is 0.837. The van der Waals surface area contributed by atoms with Crippen molar-refractivity contribution in [3.8, 4) is 0 Å². The number of nitrogens with one attached hydrogen (secondary N) is 1. The van der Waals surface area contributed by atoms with E-state index < -0.39 is 0 Å². The Labute approximate surface area is 138 Å². The van der Waals surface area contributed by atoms with Gasteiger partial charge in [0, 0.05) is 24.7 Å². The van der Waals surface area contributed by atoms with Crippen LogP contribution in [0.25, 0.3) is 0 Å². The number of nitrogens with zero attached hydrogens (tertiary/aromatic N) is 1. The number of benzene rings is 1. The highest BCUT2D eigenvalue weighted by Gasteiger charge is 2.38. The lowest BCUT2D eigenvalue weighted by Crippen LogP contribution is -2.65. The Hall–Kier alpha value is -0.440. The van der Waals surface area contributed by atoms with Crippen LogP contribution in [-0.4, -0.2) is 24.7 Å². The molecule has 118 valence electrons. The first-order valence-electron chi connectivity index (χ1n) is 7.89. The highest BCUT2D eigenvalue weighted by Crippen LogP contribution is 2.37. The molecule has 1 aliphatic heterocycles. The summed E-state index contributed by atoms with van der Waals surface area (Å²) in [5.74, 6) is 0.555. The molecule has 0 spiro atoms. The number of piperazine rings is 1. The molecule has 1 saturated heterocycles. The average molecular weight is 329 g/mol. The number of hydrogen-bond donors (Lipinski definition) is 1. The van der Waals surface area contributed by atoms with Gasteiger partial charge in [0.1, 0.15) is 0 Å². The lowest BCUT2D eigenvalue weighted by molar-refractivity contribution is 0.227. The minimum Gasteiger partial charge on any atom is -0.364 e. The summed E-state index contributed by atoms with van der Waals surface area (Å²) in [6, 6.07) is 6.37. The van der Waals surface area contributed by atoms with E-state index >= 15 is 0 Å². The largest absolute Gasteiger partial charge is 0.364 e. The van der Waals surface area contributed by atoms with Gasteiger partial charge in [0.15, 0.2) is 0 Å². The van der Waals surface area contributed by atoms with Crippen molar-refractivity contribution in [2.45, 2.75) is 52.1 Å². The van der Waals surface area contributed by atoms with Crippen LogP contribution < -0.4 is 10.2 Å². The standard InChI is InChI=1S/C17H26Cl2N2/c1-5-17(6-2)11-21(15(10-20-17)12(3)4)14-9-7-8-13(18)16(14)19/h7-9,12,15,20H,5-6,10-11H2,1-4H3. The Kier molecular flexibility index (Phi) is 5.45. The lowest BCUT2D eigenvalue weighted by Gasteiger charge is -2.50. The average Bonchev–Trinajstić information content (AvgIpc) is 2.49. The predicted octanol–water partition coefficient (Wildman–Crippen LogP) is 4.99. The summed E-state index contributed by atoms with van der Waals surface area (Å²) in [6.45, 7) is 11.0. The third-order valence-electron chi connectivity index (χ3n) is 4.92. The first-order chi connectivity index (χ1) is 9.94. The second kappa shape index (κ2) is 6.76. The SMILES string of the molecule is CCC1(CC)CN(c2cccc(Cl)c2Cl)C(C(C)C)CN1. The Morgan fingerprint density at radius 3 is 2.52 bits per heavy atom. The van der Waals surface area contributed by atoms with Crippen molar-refractivity contribution in [2.75, 3.05) is 18.0 Å². The predicted molar refractivity (Wildman–Crippen MR) is 93.7 cm³/mol. The highest BCUT2D eigenvalue weighted by molar-refractivity contribution is 6.43. The van der Waals surface area contributed by atoms with Crippen molar-refractivity contribution in [3.63, 3.8) is 0 Å². The Morgan fingerprint density at radius 1 is 1.29 bits per heavy atom. The molecule has 0 aliphatic carbocycles. The highest BCUT2D eigenvalue weighted by atomic mass is 35.5. The van der Waals surface area contributed by atoms with Gasteiger partial charge >= 0.3 is 0 Å². The molecule has 0 amide bonds. The molecule has 1 atom stereocenters. The molecular weight excluding hydrogens is 303 g/mol.